The molecule has 0 atom stereocenters. The van der Waals surface area contributed by atoms with Crippen LogP contribution in [0.1, 0.15) is 0 Å². The second-order valence-corrected chi connectivity index (χ2v) is 3.67. The number of ether oxygens (including phenoxy) is 2. The second kappa shape index (κ2) is 5.57. The van der Waals surface area contributed by atoms with Crippen molar-refractivity contribution >= 4 is 0 Å². The van der Waals surface area contributed by atoms with Crippen molar-refractivity contribution in [3.8, 4) is 23.6 Å². The van der Waals surface area contributed by atoms with E-state index in [9.17, 15) is 10.5 Å². The molecule has 0 aromatic heterocycles. The van der Waals surface area contributed by atoms with Gasteiger partial charge >= 0.3 is 5.79 Å². The minimum Gasteiger partial charge on any atom is -0.429 e. The summed E-state index contributed by atoms with van der Waals surface area (Å²) in [5.74, 6) is -1.22. The number of para-hydroxylation sites is 2. The van der Waals surface area contributed by atoms with Gasteiger partial charge in [0.2, 0.25) is 0 Å². The van der Waals surface area contributed by atoms with Crippen LogP contribution in [-0.4, -0.2) is 5.79 Å². The lowest BCUT2D eigenvalue weighted by molar-refractivity contribution is -0.0135. The Morgan fingerprint density at radius 1 is 0.684 bits per heavy atom. The zero-order valence-electron chi connectivity index (χ0n) is 9.98. The molecule has 0 spiro atoms. The van der Waals surface area contributed by atoms with E-state index >= 15 is 0 Å². The van der Waals surface area contributed by atoms with Gasteiger partial charge in [-0.15, -0.1) is 0 Å². The Balaban J connectivity index is 2.24. The molecule has 19 heavy (non-hydrogen) atoms. The van der Waals surface area contributed by atoms with Gasteiger partial charge in [0.25, 0.3) is 0 Å². The van der Waals surface area contributed by atoms with Crippen LogP contribution < -0.4 is 9.47 Å². The van der Waals surface area contributed by atoms with Gasteiger partial charge in [-0.1, -0.05) is 36.4 Å². The van der Waals surface area contributed by atoms with Crippen LogP contribution in [0.2, 0.25) is 0 Å². The predicted molar refractivity (Wildman–Crippen MR) is 68.1 cm³/mol. The van der Waals surface area contributed by atoms with Crippen LogP contribution in [0.25, 0.3) is 0 Å². The van der Waals surface area contributed by atoms with Crippen LogP contribution in [-0.2, 0) is 0 Å². The average molecular weight is 250 g/mol. The summed E-state index contributed by atoms with van der Waals surface area (Å²) in [4.78, 5) is 0. The van der Waals surface area contributed by atoms with Crippen LogP contribution in [0.4, 0.5) is 0 Å². The number of hydrogen-bond donors (Lipinski definition) is 0. The Morgan fingerprint density at radius 2 is 1.05 bits per heavy atom. The van der Waals surface area contributed by atoms with E-state index < -0.39 is 5.79 Å². The molecular weight excluding hydrogens is 240 g/mol. The fourth-order valence-electron chi connectivity index (χ4n) is 1.45. The third-order valence-corrected chi connectivity index (χ3v) is 2.30. The summed E-state index contributed by atoms with van der Waals surface area (Å²) in [6, 6.07) is 20.7. The number of nitriles is 2. The maximum Gasteiger partial charge on any atom is 0.435 e. The average Bonchev–Trinajstić information content (AvgIpc) is 2.48. The van der Waals surface area contributed by atoms with Gasteiger partial charge in [-0.3, -0.25) is 0 Å². The number of benzene rings is 2. The summed E-state index contributed by atoms with van der Waals surface area (Å²) in [7, 11) is 0. The van der Waals surface area contributed by atoms with Crippen molar-refractivity contribution in [1.82, 2.24) is 0 Å². The molecule has 2 rings (SSSR count). The van der Waals surface area contributed by atoms with Crippen molar-refractivity contribution in [2.75, 3.05) is 0 Å². The first-order valence-corrected chi connectivity index (χ1v) is 5.59. The van der Waals surface area contributed by atoms with Crippen LogP contribution in [0.5, 0.6) is 11.5 Å². The van der Waals surface area contributed by atoms with E-state index in [0.29, 0.717) is 11.5 Å². The smallest absolute Gasteiger partial charge is 0.429 e. The highest BCUT2D eigenvalue weighted by atomic mass is 16.7. The molecular formula is C15H10N2O2. The van der Waals surface area contributed by atoms with Gasteiger partial charge in [0.05, 0.1) is 0 Å². The molecule has 0 saturated heterocycles. The summed E-state index contributed by atoms with van der Waals surface area (Å²) < 4.78 is 10.7. The number of nitrogens with zero attached hydrogens (tertiary/aromatic N) is 2. The van der Waals surface area contributed by atoms with Crippen LogP contribution in [0.3, 0.4) is 0 Å². The highest BCUT2D eigenvalue weighted by molar-refractivity contribution is 5.29. The third-order valence-electron chi connectivity index (χ3n) is 2.30. The molecule has 0 aliphatic heterocycles. The summed E-state index contributed by atoms with van der Waals surface area (Å²) in [6.07, 6.45) is 0. The van der Waals surface area contributed by atoms with Crippen molar-refractivity contribution in [1.29, 1.82) is 10.5 Å². The molecule has 0 saturated carbocycles. The largest absolute Gasteiger partial charge is 0.435 e. The normalized spacial score (nSPS) is 10.0. The summed E-state index contributed by atoms with van der Waals surface area (Å²) in [6.45, 7) is 0. The summed E-state index contributed by atoms with van der Waals surface area (Å²) >= 11 is 0. The number of hydrogen-bond acceptors (Lipinski definition) is 4. The Hall–Kier alpha value is -2.98. The van der Waals surface area contributed by atoms with E-state index in [1.807, 2.05) is 12.1 Å². The van der Waals surface area contributed by atoms with E-state index in [-0.39, 0.29) is 0 Å². The van der Waals surface area contributed by atoms with Gasteiger partial charge in [-0.25, -0.2) is 0 Å². The van der Waals surface area contributed by atoms with E-state index in [0.717, 1.165) is 0 Å². The second-order valence-electron chi connectivity index (χ2n) is 3.67. The molecule has 0 N–H and O–H groups in total. The van der Waals surface area contributed by atoms with Gasteiger partial charge in [0.1, 0.15) is 11.5 Å². The van der Waals surface area contributed by atoms with Crippen LogP contribution >= 0.6 is 0 Å². The Labute approximate surface area is 111 Å². The minimum absolute atomic E-state index is 0.390. The summed E-state index contributed by atoms with van der Waals surface area (Å²) in [5.41, 5.74) is 0. The van der Waals surface area contributed by atoms with Gasteiger partial charge in [0.15, 0.2) is 12.1 Å². The number of rotatable bonds is 4. The standard InChI is InChI=1S/C15H10N2O2/c16-11-15(12-17,18-13-7-3-1-4-8-13)19-14-9-5-2-6-10-14/h1-10H. The van der Waals surface area contributed by atoms with Gasteiger partial charge < -0.3 is 9.47 Å². The minimum atomic E-state index is -2.00. The Bertz CT molecular complexity index is 555. The first kappa shape index (κ1) is 12.5. The fraction of sp³-hybridized carbons (Fsp3) is 0.0667. The molecule has 0 radical (unpaired) electrons. The Kier molecular flexibility index (Phi) is 3.66. The van der Waals surface area contributed by atoms with Gasteiger partial charge in [-0.05, 0) is 24.3 Å². The van der Waals surface area contributed by atoms with E-state index in [4.69, 9.17) is 9.47 Å². The molecule has 0 bridgehead atoms. The molecule has 0 amide bonds. The van der Waals surface area contributed by atoms with Crippen molar-refractivity contribution in [2.24, 2.45) is 0 Å². The molecule has 92 valence electrons. The molecule has 2 aromatic carbocycles. The molecule has 4 heteroatoms. The zero-order valence-corrected chi connectivity index (χ0v) is 9.98. The fourth-order valence-corrected chi connectivity index (χ4v) is 1.45. The van der Waals surface area contributed by atoms with Crippen LogP contribution in [0.15, 0.2) is 60.7 Å². The van der Waals surface area contributed by atoms with Gasteiger partial charge in [0, 0.05) is 0 Å². The molecule has 0 aliphatic rings. The third kappa shape index (κ3) is 3.02. The van der Waals surface area contributed by atoms with Crippen molar-refractivity contribution in [2.45, 2.75) is 5.79 Å². The molecule has 0 heterocycles. The van der Waals surface area contributed by atoms with Crippen molar-refractivity contribution < 1.29 is 9.47 Å². The Morgan fingerprint density at radius 3 is 1.37 bits per heavy atom. The maximum atomic E-state index is 9.18. The zero-order chi connectivity index (χ0) is 13.6. The van der Waals surface area contributed by atoms with E-state index in [1.54, 1.807) is 60.7 Å². The molecule has 0 aliphatic carbocycles. The molecule has 0 unspecified atom stereocenters. The SMILES string of the molecule is N#CC(C#N)(Oc1ccccc1)Oc1ccccc1. The lowest BCUT2D eigenvalue weighted by Crippen LogP contribution is -2.39. The molecule has 2 aromatic rings. The first-order valence-electron chi connectivity index (χ1n) is 5.59. The lowest BCUT2D eigenvalue weighted by Gasteiger charge is -2.21. The monoisotopic (exact) mass is 250 g/mol. The van der Waals surface area contributed by atoms with Crippen LogP contribution in [0, 0.1) is 22.7 Å². The topological polar surface area (TPSA) is 66.0 Å². The van der Waals surface area contributed by atoms with E-state index in [2.05, 4.69) is 0 Å². The highest BCUT2D eigenvalue weighted by Gasteiger charge is 2.36. The van der Waals surface area contributed by atoms with Crippen molar-refractivity contribution in [3.63, 3.8) is 0 Å². The predicted octanol–water partition coefficient (Wildman–Crippen LogP) is 2.89. The van der Waals surface area contributed by atoms with Gasteiger partial charge in [-0.2, -0.15) is 10.5 Å². The quantitative estimate of drug-likeness (QED) is 0.782. The highest BCUT2D eigenvalue weighted by Crippen LogP contribution is 2.22. The first-order chi connectivity index (χ1) is 9.28. The van der Waals surface area contributed by atoms with Crippen molar-refractivity contribution in [3.05, 3.63) is 60.7 Å². The molecule has 4 nitrogen and oxygen atoms in total. The maximum absolute atomic E-state index is 9.18. The summed E-state index contributed by atoms with van der Waals surface area (Å²) in [5, 5.41) is 18.4. The van der Waals surface area contributed by atoms with E-state index in [1.165, 1.54) is 0 Å². The lowest BCUT2D eigenvalue weighted by atomic mass is 10.3. The molecule has 0 fully saturated rings.